The zero-order valence-electron chi connectivity index (χ0n) is 13.3. The lowest BCUT2D eigenvalue weighted by Gasteiger charge is -2.04. The molecule has 0 spiro atoms. The fourth-order valence-electron chi connectivity index (χ4n) is 2.31. The van der Waals surface area contributed by atoms with E-state index in [4.69, 9.17) is 0 Å². The maximum Gasteiger partial charge on any atom is 0.416 e. The molecule has 2 heterocycles. The molecule has 28 heavy (non-hydrogen) atoms. The molecule has 0 atom stereocenters. The number of hydrogen-bond donors (Lipinski definition) is 0. The van der Waals surface area contributed by atoms with Crippen LogP contribution >= 0.6 is 44.3 Å². The summed E-state index contributed by atoms with van der Waals surface area (Å²) in [6.45, 7) is 0. The first kappa shape index (κ1) is 19.8. The van der Waals surface area contributed by atoms with Crippen molar-refractivity contribution >= 4 is 64.7 Å². The minimum atomic E-state index is -4.43. The normalized spacial score (nSPS) is 12.9. The Morgan fingerprint density at radius 3 is 1.39 bits per heavy atom. The number of rotatable bonds is 3. The number of hydrogen-bond acceptors (Lipinski definition) is 6. The van der Waals surface area contributed by atoms with Gasteiger partial charge in [-0.1, -0.05) is 0 Å². The molecule has 4 aromatic rings. The van der Waals surface area contributed by atoms with Crippen molar-refractivity contribution in [3.63, 3.8) is 0 Å². The lowest BCUT2D eigenvalue weighted by molar-refractivity contribution is -0.138. The molecule has 4 rings (SSSR count). The van der Waals surface area contributed by atoms with Gasteiger partial charge in [-0.2, -0.15) is 26.3 Å². The fraction of sp³-hybridized carbons (Fsp3) is 0.125. The Bertz CT molecular complexity index is 1070. The third-order valence-corrected chi connectivity index (χ3v) is 8.62. The van der Waals surface area contributed by atoms with E-state index in [0.29, 0.717) is 18.1 Å². The molecule has 0 amide bonds. The summed E-state index contributed by atoms with van der Waals surface area (Å²) in [5.41, 5.74) is -1.02. The molecular formula is C16H6F6N2S4. The molecular weight excluding hydrogens is 462 g/mol. The van der Waals surface area contributed by atoms with Gasteiger partial charge in [0.05, 0.1) is 31.6 Å². The zero-order valence-corrected chi connectivity index (χ0v) is 16.5. The predicted octanol–water partition coefficient (Wildman–Crippen LogP) is 7.74. The lowest BCUT2D eigenvalue weighted by Crippen LogP contribution is -2.03. The summed E-state index contributed by atoms with van der Waals surface area (Å²) in [4.78, 5) is 8.38. The van der Waals surface area contributed by atoms with Crippen LogP contribution in [-0.2, 0) is 12.4 Å². The van der Waals surface area contributed by atoms with E-state index in [1.54, 1.807) is 0 Å². The van der Waals surface area contributed by atoms with E-state index in [-0.39, 0.29) is 11.0 Å². The Labute approximate surface area is 169 Å². The van der Waals surface area contributed by atoms with Crippen molar-refractivity contribution in [2.75, 3.05) is 0 Å². The van der Waals surface area contributed by atoms with Crippen LogP contribution in [0.1, 0.15) is 11.1 Å². The van der Waals surface area contributed by atoms with Crippen molar-refractivity contribution in [3.05, 3.63) is 47.5 Å². The van der Waals surface area contributed by atoms with Crippen LogP contribution in [0.5, 0.6) is 0 Å². The minimum Gasteiger partial charge on any atom is -0.229 e. The molecule has 0 aliphatic heterocycles. The highest BCUT2D eigenvalue weighted by molar-refractivity contribution is 8.77. The lowest BCUT2D eigenvalue weighted by atomic mass is 10.2. The van der Waals surface area contributed by atoms with E-state index in [1.165, 1.54) is 56.4 Å². The van der Waals surface area contributed by atoms with Gasteiger partial charge in [0.2, 0.25) is 0 Å². The highest BCUT2D eigenvalue weighted by atomic mass is 33.1. The molecule has 0 N–H and O–H groups in total. The van der Waals surface area contributed by atoms with Gasteiger partial charge in [-0.25, -0.2) is 9.97 Å². The van der Waals surface area contributed by atoms with Gasteiger partial charge in [-0.15, -0.1) is 22.7 Å². The van der Waals surface area contributed by atoms with Gasteiger partial charge < -0.3 is 0 Å². The van der Waals surface area contributed by atoms with E-state index in [2.05, 4.69) is 9.97 Å². The van der Waals surface area contributed by atoms with Crippen molar-refractivity contribution in [2.45, 2.75) is 21.0 Å². The van der Waals surface area contributed by atoms with Gasteiger partial charge in [0.1, 0.15) is 0 Å². The van der Waals surface area contributed by atoms with Crippen LogP contribution < -0.4 is 0 Å². The molecule has 0 bridgehead atoms. The first-order valence-electron chi connectivity index (χ1n) is 7.40. The number of fused-ring (bicyclic) bond motifs is 2. The van der Waals surface area contributed by atoms with Gasteiger partial charge in [-0.05, 0) is 58.0 Å². The molecule has 0 fully saturated rings. The van der Waals surface area contributed by atoms with Crippen molar-refractivity contribution in [1.82, 2.24) is 9.97 Å². The molecule has 2 nitrogen and oxygen atoms in total. The zero-order chi connectivity index (χ0) is 20.1. The average molecular weight is 468 g/mol. The minimum absolute atomic E-state index is 0.252. The molecule has 0 aliphatic carbocycles. The number of alkyl halides is 6. The molecule has 0 unspecified atom stereocenters. The van der Waals surface area contributed by atoms with Crippen molar-refractivity contribution < 1.29 is 26.3 Å². The highest BCUT2D eigenvalue weighted by Gasteiger charge is 2.31. The largest absolute Gasteiger partial charge is 0.416 e. The highest BCUT2D eigenvalue weighted by Crippen LogP contribution is 2.44. The van der Waals surface area contributed by atoms with Crippen LogP contribution in [0.3, 0.4) is 0 Å². The van der Waals surface area contributed by atoms with Gasteiger partial charge in [0.15, 0.2) is 8.68 Å². The second-order valence-corrected chi connectivity index (χ2v) is 10.2. The summed E-state index contributed by atoms with van der Waals surface area (Å²) in [7, 11) is 2.41. The van der Waals surface area contributed by atoms with Crippen LogP contribution in [0.25, 0.3) is 20.4 Å². The van der Waals surface area contributed by atoms with E-state index >= 15 is 0 Å². The van der Waals surface area contributed by atoms with Crippen LogP contribution in [0.4, 0.5) is 26.3 Å². The first-order valence-corrected chi connectivity index (χ1v) is 11.2. The Kier molecular flexibility index (Phi) is 5.01. The van der Waals surface area contributed by atoms with Crippen molar-refractivity contribution in [3.8, 4) is 0 Å². The molecule has 0 saturated carbocycles. The van der Waals surface area contributed by atoms with E-state index in [0.717, 1.165) is 24.3 Å². The Balaban J connectivity index is 1.54. The Hall–Kier alpha value is -1.50. The van der Waals surface area contributed by atoms with Crippen molar-refractivity contribution in [1.29, 1.82) is 0 Å². The van der Waals surface area contributed by atoms with Gasteiger partial charge >= 0.3 is 12.4 Å². The number of thiazole rings is 2. The number of aromatic nitrogens is 2. The van der Waals surface area contributed by atoms with Crippen LogP contribution in [0, 0.1) is 0 Å². The van der Waals surface area contributed by atoms with E-state index in [1.807, 2.05) is 0 Å². The van der Waals surface area contributed by atoms with Crippen LogP contribution in [0.15, 0.2) is 45.1 Å². The SMILES string of the molecule is FC(F)(F)c1ccc2sc(SSc3nc4cc(C(F)(F)F)ccc4s3)nc2c1. The molecule has 0 aliphatic rings. The molecule has 0 saturated heterocycles. The van der Waals surface area contributed by atoms with Crippen LogP contribution in [-0.4, -0.2) is 9.97 Å². The fourth-order valence-corrected chi connectivity index (χ4v) is 6.76. The Morgan fingerprint density at radius 1 is 0.643 bits per heavy atom. The van der Waals surface area contributed by atoms with E-state index < -0.39 is 23.5 Å². The topological polar surface area (TPSA) is 25.8 Å². The molecule has 146 valence electrons. The maximum absolute atomic E-state index is 12.8. The first-order chi connectivity index (χ1) is 13.1. The van der Waals surface area contributed by atoms with Crippen LogP contribution in [0.2, 0.25) is 0 Å². The standard InChI is InChI=1S/C16H6F6N2S4/c17-15(18,19)7-1-3-11-9(5-7)23-13(25-11)27-28-14-24-10-6-8(16(20,21)22)2-4-12(10)26-14/h1-6H. The third-order valence-electron chi connectivity index (χ3n) is 3.57. The monoisotopic (exact) mass is 468 g/mol. The summed E-state index contributed by atoms with van der Waals surface area (Å²) in [6.07, 6.45) is -8.87. The summed E-state index contributed by atoms with van der Waals surface area (Å²) >= 11 is 2.48. The Morgan fingerprint density at radius 2 is 1.04 bits per heavy atom. The van der Waals surface area contributed by atoms with E-state index in [9.17, 15) is 26.3 Å². The van der Waals surface area contributed by atoms with Crippen molar-refractivity contribution in [2.24, 2.45) is 0 Å². The number of benzene rings is 2. The molecule has 2 aromatic heterocycles. The average Bonchev–Trinajstić information content (AvgIpc) is 3.19. The van der Waals surface area contributed by atoms with Gasteiger partial charge in [-0.3, -0.25) is 0 Å². The summed E-state index contributed by atoms with van der Waals surface area (Å²) in [5, 5.41) is 0. The molecule has 0 radical (unpaired) electrons. The third kappa shape index (κ3) is 4.09. The summed E-state index contributed by atoms with van der Waals surface area (Å²) < 4.78 is 79.0. The predicted molar refractivity (Wildman–Crippen MR) is 101 cm³/mol. The quantitative estimate of drug-likeness (QED) is 0.227. The maximum atomic E-state index is 12.8. The number of nitrogens with zero attached hydrogens (tertiary/aromatic N) is 2. The molecule has 2 aromatic carbocycles. The second-order valence-electron chi connectivity index (χ2n) is 5.49. The summed E-state index contributed by atoms with van der Waals surface area (Å²) in [6, 6.07) is 6.76. The molecule has 12 heteroatoms. The van der Waals surface area contributed by atoms with Gasteiger partial charge in [0, 0.05) is 0 Å². The summed E-state index contributed by atoms with van der Waals surface area (Å²) in [5.74, 6) is 0. The second kappa shape index (κ2) is 7.08. The smallest absolute Gasteiger partial charge is 0.229 e. The number of halogens is 6. The van der Waals surface area contributed by atoms with Gasteiger partial charge in [0.25, 0.3) is 0 Å².